The number of ether oxygens (including phenoxy) is 1. The molecule has 0 saturated carbocycles. The summed E-state index contributed by atoms with van der Waals surface area (Å²) in [5.74, 6) is 0.222. The summed E-state index contributed by atoms with van der Waals surface area (Å²) in [5.41, 5.74) is 1.16. The van der Waals surface area contributed by atoms with Gasteiger partial charge in [-0.1, -0.05) is 35.3 Å². The molecule has 2 aromatic carbocycles. The van der Waals surface area contributed by atoms with E-state index in [0.717, 1.165) is 0 Å². The van der Waals surface area contributed by atoms with Crippen LogP contribution in [-0.4, -0.2) is 25.0 Å². The predicted octanol–water partition coefficient (Wildman–Crippen LogP) is 3.75. The van der Waals surface area contributed by atoms with Gasteiger partial charge in [-0.25, -0.2) is 0 Å². The van der Waals surface area contributed by atoms with Crippen LogP contribution >= 0.6 is 23.2 Å². The van der Waals surface area contributed by atoms with Gasteiger partial charge in [0.05, 0.1) is 16.4 Å². The molecule has 124 valence electrons. The summed E-state index contributed by atoms with van der Waals surface area (Å²) in [4.78, 5) is 25.7. The van der Waals surface area contributed by atoms with Crippen molar-refractivity contribution in [1.29, 1.82) is 0 Å². The number of carbonyl (C=O) groups excluding carboxylic acids is 2. The molecule has 5 nitrogen and oxygen atoms in total. The van der Waals surface area contributed by atoms with Gasteiger partial charge in [0.1, 0.15) is 5.75 Å². The smallest absolute Gasteiger partial charge is 0.265 e. The van der Waals surface area contributed by atoms with Crippen molar-refractivity contribution in [3.63, 3.8) is 0 Å². The summed E-state index contributed by atoms with van der Waals surface area (Å²) in [5, 5.41) is 3.58. The molecule has 0 fully saturated rings. The quantitative estimate of drug-likeness (QED) is 0.898. The molecule has 0 spiro atoms. The van der Waals surface area contributed by atoms with Gasteiger partial charge in [-0.15, -0.1) is 0 Å². The zero-order valence-electron chi connectivity index (χ0n) is 12.6. The third-order valence-electron chi connectivity index (χ3n) is 3.58. The molecule has 0 saturated heterocycles. The van der Waals surface area contributed by atoms with Gasteiger partial charge in [0.2, 0.25) is 5.91 Å². The lowest BCUT2D eigenvalue weighted by atomic mass is 10.2. The average Bonchev–Trinajstić information content (AvgIpc) is 2.56. The zero-order chi connectivity index (χ0) is 17.1. The Morgan fingerprint density at radius 2 is 2.00 bits per heavy atom. The fourth-order valence-electron chi connectivity index (χ4n) is 2.42. The Balaban J connectivity index is 1.65. The maximum atomic E-state index is 12.1. The van der Waals surface area contributed by atoms with Gasteiger partial charge in [-0.05, 0) is 30.3 Å². The molecule has 0 radical (unpaired) electrons. The highest BCUT2D eigenvalue weighted by Gasteiger charge is 2.25. The molecule has 1 aliphatic rings. The Hall–Kier alpha value is -2.24. The van der Waals surface area contributed by atoms with Crippen molar-refractivity contribution in [1.82, 2.24) is 0 Å². The number of hydrogen-bond donors (Lipinski definition) is 1. The van der Waals surface area contributed by atoms with E-state index in [1.165, 1.54) is 0 Å². The number of benzene rings is 2. The topological polar surface area (TPSA) is 58.6 Å². The normalized spacial score (nSPS) is 13.2. The Morgan fingerprint density at radius 1 is 1.21 bits per heavy atom. The molecule has 0 unspecified atom stereocenters. The predicted molar refractivity (Wildman–Crippen MR) is 94.0 cm³/mol. The first-order valence-corrected chi connectivity index (χ1v) is 8.07. The number of carbonyl (C=O) groups is 2. The number of anilines is 2. The summed E-state index contributed by atoms with van der Waals surface area (Å²) in [6, 6.07) is 12.1. The van der Waals surface area contributed by atoms with Crippen LogP contribution in [0.5, 0.6) is 5.75 Å². The van der Waals surface area contributed by atoms with E-state index in [0.29, 0.717) is 27.2 Å². The highest BCUT2D eigenvalue weighted by atomic mass is 35.5. The minimum absolute atomic E-state index is 0.0261. The molecule has 24 heavy (non-hydrogen) atoms. The van der Waals surface area contributed by atoms with E-state index in [1.807, 2.05) is 12.1 Å². The van der Waals surface area contributed by atoms with Crippen LogP contribution in [0.15, 0.2) is 42.5 Å². The molecule has 1 aliphatic heterocycles. The number of halogens is 2. The lowest BCUT2D eigenvalue weighted by Gasteiger charge is -2.29. The van der Waals surface area contributed by atoms with E-state index in [1.54, 1.807) is 35.2 Å². The van der Waals surface area contributed by atoms with Crippen molar-refractivity contribution in [2.75, 3.05) is 23.4 Å². The largest absolute Gasteiger partial charge is 0.482 e. The van der Waals surface area contributed by atoms with Crippen molar-refractivity contribution in [3.05, 3.63) is 52.5 Å². The van der Waals surface area contributed by atoms with Gasteiger partial charge in [-0.3, -0.25) is 9.59 Å². The Bertz CT molecular complexity index is 795. The molecule has 1 N–H and O–H groups in total. The standard InChI is InChI=1S/C17H14Cl2N2O3/c18-11-5-6-13(12(19)9-11)20-16(22)7-8-21-14-3-1-2-4-15(14)24-10-17(21)23/h1-6,9H,7-8,10H2,(H,20,22). The summed E-state index contributed by atoms with van der Waals surface area (Å²) in [7, 11) is 0. The van der Waals surface area contributed by atoms with Crippen LogP contribution in [0, 0.1) is 0 Å². The maximum Gasteiger partial charge on any atom is 0.265 e. The number of fused-ring (bicyclic) bond motifs is 1. The SMILES string of the molecule is O=C(CCN1C(=O)COc2ccccc21)Nc1ccc(Cl)cc1Cl. The average molecular weight is 365 g/mol. The number of hydrogen-bond acceptors (Lipinski definition) is 3. The van der Waals surface area contributed by atoms with E-state index in [-0.39, 0.29) is 31.4 Å². The molecule has 1 heterocycles. The highest BCUT2D eigenvalue weighted by Crippen LogP contribution is 2.31. The monoisotopic (exact) mass is 364 g/mol. The maximum absolute atomic E-state index is 12.1. The van der Waals surface area contributed by atoms with Crippen molar-refractivity contribution in [2.24, 2.45) is 0 Å². The second-order valence-corrected chi connectivity index (χ2v) is 6.07. The van der Waals surface area contributed by atoms with Gasteiger partial charge >= 0.3 is 0 Å². The molecular formula is C17H14Cl2N2O3. The van der Waals surface area contributed by atoms with Crippen LogP contribution in [0.25, 0.3) is 0 Å². The molecule has 0 atom stereocenters. The second kappa shape index (κ2) is 7.11. The first-order valence-electron chi connectivity index (χ1n) is 7.31. The zero-order valence-corrected chi connectivity index (χ0v) is 14.1. The summed E-state index contributed by atoms with van der Waals surface area (Å²) in [6.45, 7) is 0.234. The minimum atomic E-state index is -0.240. The Morgan fingerprint density at radius 3 is 2.79 bits per heavy atom. The summed E-state index contributed by atoms with van der Waals surface area (Å²) >= 11 is 11.9. The van der Waals surface area contributed by atoms with Gasteiger partial charge in [0.25, 0.3) is 5.91 Å². The lowest BCUT2D eigenvalue weighted by molar-refractivity contribution is -0.121. The van der Waals surface area contributed by atoms with E-state index in [2.05, 4.69) is 5.32 Å². The second-order valence-electron chi connectivity index (χ2n) is 5.22. The van der Waals surface area contributed by atoms with Gasteiger partial charge < -0.3 is 15.0 Å². The number of para-hydroxylation sites is 2. The summed E-state index contributed by atoms with van der Waals surface area (Å²) < 4.78 is 5.37. The molecule has 7 heteroatoms. The van der Waals surface area contributed by atoms with Crippen LogP contribution in [0.4, 0.5) is 11.4 Å². The van der Waals surface area contributed by atoms with E-state index in [9.17, 15) is 9.59 Å². The highest BCUT2D eigenvalue weighted by molar-refractivity contribution is 6.36. The van der Waals surface area contributed by atoms with Crippen molar-refractivity contribution < 1.29 is 14.3 Å². The van der Waals surface area contributed by atoms with Gasteiger partial charge in [-0.2, -0.15) is 0 Å². The molecule has 0 aromatic heterocycles. The molecule has 2 amide bonds. The van der Waals surface area contributed by atoms with Crippen molar-refractivity contribution in [2.45, 2.75) is 6.42 Å². The first-order chi connectivity index (χ1) is 11.5. The minimum Gasteiger partial charge on any atom is -0.482 e. The van der Waals surface area contributed by atoms with E-state index in [4.69, 9.17) is 27.9 Å². The van der Waals surface area contributed by atoms with Crippen LogP contribution in [0.1, 0.15) is 6.42 Å². The number of nitrogens with one attached hydrogen (secondary N) is 1. The van der Waals surface area contributed by atoms with Gasteiger partial charge in [0, 0.05) is 18.0 Å². The summed E-state index contributed by atoms with van der Waals surface area (Å²) in [6.07, 6.45) is 0.138. The third-order valence-corrected chi connectivity index (χ3v) is 4.12. The Labute approximate surface area is 149 Å². The van der Waals surface area contributed by atoms with E-state index < -0.39 is 0 Å². The van der Waals surface area contributed by atoms with Gasteiger partial charge in [0.15, 0.2) is 6.61 Å². The first kappa shape index (κ1) is 16.6. The molecular weight excluding hydrogens is 351 g/mol. The lowest BCUT2D eigenvalue weighted by Crippen LogP contribution is -2.40. The number of amides is 2. The Kier molecular flexibility index (Phi) is 4.92. The number of nitrogens with zero attached hydrogens (tertiary/aromatic N) is 1. The van der Waals surface area contributed by atoms with Crippen LogP contribution in [0.2, 0.25) is 10.0 Å². The number of rotatable bonds is 4. The van der Waals surface area contributed by atoms with Crippen molar-refractivity contribution in [3.8, 4) is 5.75 Å². The molecule has 3 rings (SSSR count). The third kappa shape index (κ3) is 3.63. The molecule has 2 aromatic rings. The molecule has 0 aliphatic carbocycles. The van der Waals surface area contributed by atoms with E-state index >= 15 is 0 Å². The van der Waals surface area contributed by atoms with Crippen LogP contribution < -0.4 is 15.0 Å². The van der Waals surface area contributed by atoms with Crippen LogP contribution in [0.3, 0.4) is 0 Å². The fraction of sp³-hybridized carbons (Fsp3) is 0.176. The fourth-order valence-corrected chi connectivity index (χ4v) is 2.87. The van der Waals surface area contributed by atoms with Crippen molar-refractivity contribution >= 4 is 46.4 Å². The van der Waals surface area contributed by atoms with Crippen LogP contribution in [-0.2, 0) is 9.59 Å². The molecule has 0 bridgehead atoms.